The van der Waals surface area contributed by atoms with Crippen LogP contribution in [0.3, 0.4) is 0 Å². The lowest BCUT2D eigenvalue weighted by molar-refractivity contribution is -0.360. The van der Waals surface area contributed by atoms with E-state index >= 15 is 0 Å². The topological polar surface area (TPSA) is 85.1 Å². The number of quaternary nitrogens is 1. The Bertz CT molecular complexity index is 446. The van der Waals surface area contributed by atoms with Crippen LogP contribution in [0.1, 0.15) is 13.3 Å². The van der Waals surface area contributed by atoms with Gasteiger partial charge in [0, 0.05) is 0 Å². The number of sulfonamides is 1. The van der Waals surface area contributed by atoms with E-state index in [1.807, 2.05) is 6.92 Å². The Morgan fingerprint density at radius 3 is 2.82 bits per heavy atom. The molecule has 3 N–H and O–H groups in total. The molecule has 0 saturated heterocycles. The number of nitrogens with zero attached hydrogens (tertiary/aromatic N) is 1. The molecule has 0 radical (unpaired) electrons. The van der Waals surface area contributed by atoms with Crippen molar-refractivity contribution in [2.75, 3.05) is 18.9 Å². The molecular weight excluding hydrogens is 240 g/mol. The Kier molecular flexibility index (Phi) is 5.24. The SMILES string of the molecule is CCCOc1cccc([N-]S(=O)(=O)CC[NH3+])c1. The van der Waals surface area contributed by atoms with Crippen LogP contribution in [0.5, 0.6) is 5.75 Å². The first kappa shape index (κ1) is 13.8. The minimum atomic E-state index is -3.42. The highest BCUT2D eigenvalue weighted by atomic mass is 32.2. The molecule has 96 valence electrons. The molecule has 0 aliphatic heterocycles. The third-order valence-electron chi connectivity index (χ3n) is 1.94. The number of rotatable bonds is 7. The Hall–Kier alpha value is -1.27. The van der Waals surface area contributed by atoms with Crippen molar-refractivity contribution in [2.24, 2.45) is 0 Å². The highest BCUT2D eigenvalue weighted by molar-refractivity contribution is 7.94. The number of ether oxygens (including phenoxy) is 1. The second-order valence-electron chi connectivity index (χ2n) is 3.58. The van der Waals surface area contributed by atoms with Crippen molar-refractivity contribution >= 4 is 15.7 Å². The maximum absolute atomic E-state index is 11.5. The average Bonchev–Trinajstić information content (AvgIpc) is 2.26. The fourth-order valence-electron chi connectivity index (χ4n) is 1.24. The Balaban J connectivity index is 2.71. The minimum Gasteiger partial charge on any atom is -0.577 e. The second kappa shape index (κ2) is 6.46. The lowest BCUT2D eigenvalue weighted by Gasteiger charge is -2.21. The summed E-state index contributed by atoms with van der Waals surface area (Å²) in [4.78, 5) is 0. The molecule has 17 heavy (non-hydrogen) atoms. The van der Waals surface area contributed by atoms with Gasteiger partial charge in [-0.3, -0.25) is 0 Å². The molecular formula is C11H18N2O3S. The van der Waals surface area contributed by atoms with Gasteiger partial charge in [0.05, 0.1) is 28.9 Å². The third-order valence-corrected chi connectivity index (χ3v) is 3.23. The number of hydrogen-bond donors (Lipinski definition) is 1. The summed E-state index contributed by atoms with van der Waals surface area (Å²) in [6, 6.07) is 6.77. The van der Waals surface area contributed by atoms with Crippen LogP contribution in [0.4, 0.5) is 5.69 Å². The predicted molar refractivity (Wildman–Crippen MR) is 66.8 cm³/mol. The molecule has 0 amide bonds. The van der Waals surface area contributed by atoms with Crippen molar-refractivity contribution < 1.29 is 18.9 Å². The van der Waals surface area contributed by atoms with Gasteiger partial charge in [0.25, 0.3) is 0 Å². The third kappa shape index (κ3) is 5.06. The standard InChI is InChI=1S/C11H17N2O3S/c1-2-7-16-11-5-3-4-10(9-11)13-17(14,15)8-6-12/h3-5,9H,2,6-8,12H2,1H3/q-1/p+1. The van der Waals surface area contributed by atoms with Crippen molar-refractivity contribution in [3.63, 3.8) is 0 Å². The van der Waals surface area contributed by atoms with Crippen molar-refractivity contribution in [2.45, 2.75) is 13.3 Å². The van der Waals surface area contributed by atoms with Gasteiger partial charge in [0.2, 0.25) is 0 Å². The van der Waals surface area contributed by atoms with Crippen LogP contribution in [-0.4, -0.2) is 27.3 Å². The Morgan fingerprint density at radius 2 is 2.18 bits per heavy atom. The highest BCUT2D eigenvalue weighted by Gasteiger charge is 1.99. The first-order valence-corrected chi connectivity index (χ1v) is 7.16. The van der Waals surface area contributed by atoms with Gasteiger partial charge in [-0.1, -0.05) is 19.1 Å². The molecule has 5 nitrogen and oxygen atoms in total. The summed E-state index contributed by atoms with van der Waals surface area (Å²) in [7, 11) is -3.42. The molecule has 1 aromatic carbocycles. The van der Waals surface area contributed by atoms with Crippen LogP contribution >= 0.6 is 0 Å². The van der Waals surface area contributed by atoms with E-state index in [1.165, 1.54) is 0 Å². The molecule has 6 heteroatoms. The summed E-state index contributed by atoms with van der Waals surface area (Å²) in [5.41, 5.74) is 3.90. The molecule has 0 unspecified atom stereocenters. The summed E-state index contributed by atoms with van der Waals surface area (Å²) in [5, 5.41) is 0. The summed E-state index contributed by atoms with van der Waals surface area (Å²) in [6.07, 6.45) is 0.904. The molecule has 1 rings (SSSR count). The van der Waals surface area contributed by atoms with Crippen LogP contribution in [0.25, 0.3) is 4.72 Å². The van der Waals surface area contributed by atoms with Crippen molar-refractivity contribution in [1.82, 2.24) is 0 Å². The molecule has 0 aliphatic carbocycles. The van der Waals surface area contributed by atoms with E-state index < -0.39 is 10.0 Å². The fourth-order valence-corrected chi connectivity index (χ4v) is 2.13. The summed E-state index contributed by atoms with van der Waals surface area (Å²) in [6.45, 7) is 2.93. The molecule has 0 atom stereocenters. The van der Waals surface area contributed by atoms with Gasteiger partial charge in [-0.15, -0.1) is 5.69 Å². The second-order valence-corrected chi connectivity index (χ2v) is 5.33. The van der Waals surface area contributed by atoms with E-state index in [4.69, 9.17) is 4.74 Å². The van der Waals surface area contributed by atoms with E-state index in [1.54, 1.807) is 24.3 Å². The molecule has 0 aliphatic rings. The fraction of sp³-hybridized carbons (Fsp3) is 0.455. The van der Waals surface area contributed by atoms with E-state index in [0.29, 0.717) is 24.6 Å². The van der Waals surface area contributed by atoms with Crippen molar-refractivity contribution in [3.05, 3.63) is 29.0 Å². The smallest absolute Gasteiger partial charge is 0.118 e. The number of hydrogen-bond acceptors (Lipinski definition) is 3. The average molecular weight is 258 g/mol. The molecule has 0 fully saturated rings. The van der Waals surface area contributed by atoms with Crippen LogP contribution < -0.4 is 10.5 Å². The zero-order chi connectivity index (χ0) is 12.7. The van der Waals surface area contributed by atoms with Gasteiger partial charge < -0.3 is 15.2 Å². The maximum atomic E-state index is 11.5. The summed E-state index contributed by atoms with van der Waals surface area (Å²) >= 11 is 0. The molecule has 0 saturated carbocycles. The lowest BCUT2D eigenvalue weighted by Crippen LogP contribution is -2.52. The lowest BCUT2D eigenvalue weighted by atomic mass is 10.3. The van der Waals surface area contributed by atoms with Crippen LogP contribution in [0, 0.1) is 0 Å². The molecule has 0 bridgehead atoms. The zero-order valence-electron chi connectivity index (χ0n) is 9.93. The van der Waals surface area contributed by atoms with E-state index in [2.05, 4.69) is 10.5 Å². The monoisotopic (exact) mass is 258 g/mol. The Labute approximate surface area is 102 Å². The summed E-state index contributed by atoms with van der Waals surface area (Å²) in [5.74, 6) is 0.602. The zero-order valence-corrected chi connectivity index (χ0v) is 10.7. The number of benzene rings is 1. The van der Waals surface area contributed by atoms with Gasteiger partial charge >= 0.3 is 0 Å². The van der Waals surface area contributed by atoms with Gasteiger partial charge in [-0.25, -0.2) is 8.42 Å². The molecule has 1 aromatic rings. The van der Waals surface area contributed by atoms with Crippen molar-refractivity contribution in [3.8, 4) is 5.75 Å². The van der Waals surface area contributed by atoms with E-state index in [0.717, 1.165) is 6.42 Å². The quantitative estimate of drug-likeness (QED) is 0.793. The van der Waals surface area contributed by atoms with Gasteiger partial charge in [0.15, 0.2) is 0 Å². The maximum Gasteiger partial charge on any atom is 0.118 e. The molecule has 0 heterocycles. The first-order chi connectivity index (χ1) is 8.07. The largest absolute Gasteiger partial charge is 0.577 e. The van der Waals surface area contributed by atoms with Crippen LogP contribution in [0.2, 0.25) is 0 Å². The van der Waals surface area contributed by atoms with E-state index in [9.17, 15) is 8.42 Å². The first-order valence-electron chi connectivity index (χ1n) is 5.55. The summed E-state index contributed by atoms with van der Waals surface area (Å²) < 4.78 is 32.1. The Morgan fingerprint density at radius 1 is 1.41 bits per heavy atom. The van der Waals surface area contributed by atoms with Crippen molar-refractivity contribution in [1.29, 1.82) is 0 Å². The van der Waals surface area contributed by atoms with Crippen LogP contribution in [0.15, 0.2) is 24.3 Å². The highest BCUT2D eigenvalue weighted by Crippen LogP contribution is 2.26. The molecule has 0 aromatic heterocycles. The van der Waals surface area contributed by atoms with Crippen LogP contribution in [-0.2, 0) is 10.0 Å². The van der Waals surface area contributed by atoms with Gasteiger partial charge in [0.1, 0.15) is 5.75 Å². The minimum absolute atomic E-state index is 0.0347. The predicted octanol–water partition coefficient (Wildman–Crippen LogP) is 1.05. The normalized spacial score (nSPS) is 11.2. The molecule has 0 spiro atoms. The van der Waals surface area contributed by atoms with Gasteiger partial charge in [-0.2, -0.15) is 0 Å². The van der Waals surface area contributed by atoms with Gasteiger partial charge in [-0.05, 0) is 18.6 Å². The van der Waals surface area contributed by atoms with E-state index in [-0.39, 0.29) is 5.75 Å².